The van der Waals surface area contributed by atoms with Crippen LogP contribution in [0.4, 0.5) is 0 Å². The summed E-state index contributed by atoms with van der Waals surface area (Å²) in [6.07, 6.45) is 1.59. The number of amides is 1. The first-order valence-corrected chi connectivity index (χ1v) is 13.0. The number of thiazole rings is 1. The summed E-state index contributed by atoms with van der Waals surface area (Å²) in [6, 6.07) is 16.4. The van der Waals surface area contributed by atoms with Crippen molar-refractivity contribution in [2.45, 2.75) is 13.5 Å². The quantitative estimate of drug-likeness (QED) is 0.511. The molecule has 7 nitrogen and oxygen atoms in total. The maximum Gasteiger partial charge on any atom is 0.257 e. The van der Waals surface area contributed by atoms with Crippen LogP contribution < -0.4 is 4.74 Å². The lowest BCUT2D eigenvalue weighted by atomic mass is 10.1. The second-order valence-electron chi connectivity index (χ2n) is 7.59. The molecule has 2 heterocycles. The Morgan fingerprint density at radius 1 is 1.06 bits per heavy atom. The van der Waals surface area contributed by atoms with Crippen LogP contribution in [0.2, 0.25) is 0 Å². The average molecular weight is 484 g/mol. The predicted octanol–water partition coefficient (Wildman–Crippen LogP) is 3.79. The summed E-state index contributed by atoms with van der Waals surface area (Å²) in [4.78, 5) is 19.2. The van der Waals surface area contributed by atoms with Crippen molar-refractivity contribution in [3.63, 3.8) is 0 Å². The van der Waals surface area contributed by atoms with Gasteiger partial charge in [-0.3, -0.25) is 4.79 Å². The van der Waals surface area contributed by atoms with Gasteiger partial charge in [0.2, 0.25) is 10.0 Å². The van der Waals surface area contributed by atoms with Crippen LogP contribution in [0, 0.1) is 6.92 Å². The third kappa shape index (κ3) is 5.87. The fraction of sp³-hybridized carbons (Fsp3) is 0.250. The summed E-state index contributed by atoms with van der Waals surface area (Å²) >= 11 is 1.55. The number of ether oxygens (including phenoxy) is 1. The van der Waals surface area contributed by atoms with E-state index in [1.54, 1.807) is 40.5 Å². The average Bonchev–Trinajstić information content (AvgIpc) is 3.27. The molecule has 0 radical (unpaired) electrons. The summed E-state index contributed by atoms with van der Waals surface area (Å²) in [5.41, 5.74) is 2.10. The van der Waals surface area contributed by atoms with Crippen molar-refractivity contribution < 1.29 is 17.9 Å². The zero-order valence-electron chi connectivity index (χ0n) is 18.3. The number of sulfonamides is 1. The number of carbonyl (C=O) groups excluding carboxylic acids is 1. The van der Waals surface area contributed by atoms with Crippen molar-refractivity contribution in [1.82, 2.24) is 14.2 Å². The number of piperazine rings is 1. The van der Waals surface area contributed by atoms with Gasteiger partial charge < -0.3 is 9.64 Å². The SMILES string of the molecule is Cc1nc(COc2ccccc2C(=O)N2CCN(S(=O)(=O)C=Cc3ccccc3)CC2)cs1. The van der Waals surface area contributed by atoms with Gasteiger partial charge in [-0.15, -0.1) is 11.3 Å². The zero-order valence-corrected chi connectivity index (χ0v) is 19.9. The molecule has 0 unspecified atom stereocenters. The molecule has 0 aliphatic carbocycles. The van der Waals surface area contributed by atoms with E-state index in [4.69, 9.17) is 4.74 Å². The van der Waals surface area contributed by atoms with Gasteiger partial charge in [0, 0.05) is 37.0 Å². The van der Waals surface area contributed by atoms with Crippen LogP contribution in [0.3, 0.4) is 0 Å². The number of hydrogen-bond acceptors (Lipinski definition) is 6. The third-order valence-corrected chi connectivity index (χ3v) is 7.66. The van der Waals surface area contributed by atoms with Gasteiger partial charge in [-0.1, -0.05) is 42.5 Å². The molecular weight excluding hydrogens is 458 g/mol. The molecule has 0 N–H and O–H groups in total. The molecule has 0 atom stereocenters. The third-order valence-electron chi connectivity index (χ3n) is 5.28. The number of aryl methyl sites for hydroxylation is 1. The molecule has 1 aromatic heterocycles. The first-order valence-electron chi connectivity index (χ1n) is 10.6. The Labute approximate surface area is 198 Å². The molecule has 33 heavy (non-hydrogen) atoms. The van der Waals surface area contributed by atoms with E-state index in [1.165, 1.54) is 9.71 Å². The van der Waals surface area contributed by atoms with E-state index < -0.39 is 10.0 Å². The van der Waals surface area contributed by atoms with Gasteiger partial charge in [0.1, 0.15) is 12.4 Å². The van der Waals surface area contributed by atoms with Gasteiger partial charge in [0.25, 0.3) is 5.91 Å². The van der Waals surface area contributed by atoms with Gasteiger partial charge in [-0.2, -0.15) is 4.31 Å². The number of rotatable bonds is 7. The first kappa shape index (κ1) is 23.2. The van der Waals surface area contributed by atoms with E-state index in [0.717, 1.165) is 16.3 Å². The van der Waals surface area contributed by atoms with Gasteiger partial charge in [-0.25, -0.2) is 13.4 Å². The van der Waals surface area contributed by atoms with Crippen molar-refractivity contribution in [3.8, 4) is 5.75 Å². The largest absolute Gasteiger partial charge is 0.486 e. The summed E-state index contributed by atoms with van der Waals surface area (Å²) in [6.45, 7) is 3.34. The number of hydrogen-bond donors (Lipinski definition) is 0. The van der Waals surface area contributed by atoms with Crippen LogP contribution in [0.15, 0.2) is 65.4 Å². The maximum atomic E-state index is 13.2. The standard InChI is InChI=1S/C24H25N3O4S2/c1-19-25-21(18-32-19)17-31-23-10-6-5-9-22(23)24(28)26-12-14-27(15-13-26)33(29,30)16-11-20-7-3-2-4-8-20/h2-11,16,18H,12-15,17H2,1H3. The van der Waals surface area contributed by atoms with E-state index in [9.17, 15) is 13.2 Å². The minimum Gasteiger partial charge on any atom is -0.486 e. The highest BCUT2D eigenvalue weighted by atomic mass is 32.2. The highest BCUT2D eigenvalue weighted by Gasteiger charge is 2.29. The summed E-state index contributed by atoms with van der Waals surface area (Å²) in [7, 11) is -3.56. The minimum absolute atomic E-state index is 0.170. The van der Waals surface area contributed by atoms with E-state index in [-0.39, 0.29) is 25.6 Å². The number of carbonyl (C=O) groups is 1. The zero-order chi connectivity index (χ0) is 23.3. The number of nitrogens with zero attached hydrogens (tertiary/aromatic N) is 3. The lowest BCUT2D eigenvalue weighted by Gasteiger charge is -2.33. The van der Waals surface area contributed by atoms with Crippen LogP contribution in [0.1, 0.15) is 26.6 Å². The highest BCUT2D eigenvalue weighted by molar-refractivity contribution is 7.92. The molecule has 0 bridgehead atoms. The molecule has 0 spiro atoms. The van der Waals surface area contributed by atoms with Gasteiger partial charge in [0.15, 0.2) is 0 Å². The Balaban J connectivity index is 1.38. The molecule has 4 rings (SSSR count). The topological polar surface area (TPSA) is 79.8 Å². The van der Waals surface area contributed by atoms with Crippen LogP contribution in [0.5, 0.6) is 5.75 Å². The molecule has 172 valence electrons. The van der Waals surface area contributed by atoms with E-state index in [2.05, 4.69) is 4.98 Å². The normalized spacial score (nSPS) is 15.1. The summed E-state index contributed by atoms with van der Waals surface area (Å²) in [5.74, 6) is 0.325. The Bertz CT molecular complexity index is 1230. The molecule has 1 fully saturated rings. The second-order valence-corrected chi connectivity index (χ2v) is 10.5. The fourth-order valence-electron chi connectivity index (χ4n) is 3.53. The lowest BCUT2D eigenvalue weighted by molar-refractivity contribution is 0.0693. The molecule has 3 aromatic rings. The molecule has 2 aromatic carbocycles. The van der Waals surface area contributed by atoms with Gasteiger partial charge >= 0.3 is 0 Å². The summed E-state index contributed by atoms with van der Waals surface area (Å²) in [5, 5.41) is 4.12. The van der Waals surface area contributed by atoms with E-state index in [1.807, 2.05) is 48.7 Å². The second kappa shape index (κ2) is 10.3. The van der Waals surface area contributed by atoms with Gasteiger partial charge in [0.05, 0.1) is 16.3 Å². The summed E-state index contributed by atoms with van der Waals surface area (Å²) < 4.78 is 32.7. The van der Waals surface area contributed by atoms with Crippen molar-refractivity contribution in [1.29, 1.82) is 0 Å². The van der Waals surface area contributed by atoms with Crippen LogP contribution in [0.25, 0.3) is 6.08 Å². The van der Waals surface area contributed by atoms with Crippen LogP contribution in [-0.2, 0) is 16.6 Å². The van der Waals surface area contributed by atoms with Crippen molar-refractivity contribution >= 4 is 33.3 Å². The molecule has 1 aliphatic rings. The minimum atomic E-state index is -3.56. The molecule has 9 heteroatoms. The van der Waals surface area contributed by atoms with E-state index >= 15 is 0 Å². The molecule has 1 saturated heterocycles. The van der Waals surface area contributed by atoms with Gasteiger partial charge in [-0.05, 0) is 30.7 Å². The van der Waals surface area contributed by atoms with Crippen molar-refractivity contribution in [2.75, 3.05) is 26.2 Å². The molecule has 1 aliphatic heterocycles. The number of aromatic nitrogens is 1. The Kier molecular flexibility index (Phi) is 7.22. The lowest BCUT2D eigenvalue weighted by Crippen LogP contribution is -2.50. The maximum absolute atomic E-state index is 13.2. The number of para-hydroxylation sites is 1. The Hall–Kier alpha value is -3.01. The van der Waals surface area contributed by atoms with Crippen LogP contribution >= 0.6 is 11.3 Å². The molecular formula is C24H25N3O4S2. The Morgan fingerprint density at radius 3 is 2.45 bits per heavy atom. The van der Waals surface area contributed by atoms with Crippen molar-refractivity contribution in [2.24, 2.45) is 0 Å². The highest BCUT2D eigenvalue weighted by Crippen LogP contribution is 2.23. The first-order chi connectivity index (χ1) is 15.9. The smallest absolute Gasteiger partial charge is 0.257 e. The van der Waals surface area contributed by atoms with E-state index in [0.29, 0.717) is 24.4 Å². The van der Waals surface area contributed by atoms with Crippen LogP contribution in [-0.4, -0.2) is 54.7 Å². The Morgan fingerprint density at radius 2 is 1.76 bits per heavy atom. The molecule has 1 amide bonds. The monoisotopic (exact) mass is 483 g/mol. The van der Waals surface area contributed by atoms with Crippen molar-refractivity contribution in [3.05, 3.63) is 87.2 Å². The molecule has 0 saturated carbocycles. The fourth-order valence-corrected chi connectivity index (χ4v) is 5.30. The predicted molar refractivity (Wildman–Crippen MR) is 129 cm³/mol. The number of benzene rings is 2.